The minimum atomic E-state index is 0.648. The van der Waals surface area contributed by atoms with Crippen molar-refractivity contribution in [3.63, 3.8) is 0 Å². The molecular weight excluding hydrogens is 160 g/mol. The molecule has 0 fully saturated rings. The molecule has 0 spiro atoms. The van der Waals surface area contributed by atoms with Gasteiger partial charge in [0.15, 0.2) is 0 Å². The predicted molar refractivity (Wildman–Crippen MR) is 60.1 cm³/mol. The lowest BCUT2D eigenvalue weighted by atomic mass is 10.1. The van der Waals surface area contributed by atoms with Crippen molar-refractivity contribution in [1.82, 2.24) is 10.6 Å². The Labute approximate surface area is 83.5 Å². The van der Waals surface area contributed by atoms with E-state index < -0.39 is 0 Å². The molecule has 0 saturated heterocycles. The van der Waals surface area contributed by atoms with Crippen LogP contribution < -0.4 is 10.6 Å². The highest BCUT2D eigenvalue weighted by Gasteiger charge is 2.00. The van der Waals surface area contributed by atoms with Gasteiger partial charge in [-0.1, -0.05) is 27.2 Å². The molecule has 0 aromatic carbocycles. The first-order valence-electron chi connectivity index (χ1n) is 5.64. The molecule has 0 heterocycles. The van der Waals surface area contributed by atoms with Gasteiger partial charge in [0.2, 0.25) is 0 Å². The lowest BCUT2D eigenvalue weighted by molar-refractivity contribution is 0.461. The summed E-state index contributed by atoms with van der Waals surface area (Å²) in [5, 5.41) is 6.89. The summed E-state index contributed by atoms with van der Waals surface area (Å²) in [4.78, 5) is 0. The van der Waals surface area contributed by atoms with Crippen LogP contribution >= 0.6 is 0 Å². The summed E-state index contributed by atoms with van der Waals surface area (Å²) in [5.74, 6) is 0.814. The molecular formula is C11H26N2. The molecule has 80 valence electrons. The molecule has 0 radical (unpaired) electrons. The average molecular weight is 186 g/mol. The van der Waals surface area contributed by atoms with Crippen LogP contribution in [0.15, 0.2) is 0 Å². The highest BCUT2D eigenvalue weighted by atomic mass is 14.9. The van der Waals surface area contributed by atoms with E-state index in [4.69, 9.17) is 0 Å². The second kappa shape index (κ2) is 8.52. The smallest absolute Gasteiger partial charge is 0.00506 e. The van der Waals surface area contributed by atoms with Gasteiger partial charge in [-0.05, 0) is 38.9 Å². The standard InChI is InChI=1S/C11H26N2/c1-5-10(3)9-12-8-7-11(4)13-6-2/h10-13H,5-9H2,1-4H3. The van der Waals surface area contributed by atoms with Gasteiger partial charge in [0, 0.05) is 6.04 Å². The van der Waals surface area contributed by atoms with E-state index in [1.165, 1.54) is 12.8 Å². The molecule has 13 heavy (non-hydrogen) atoms. The topological polar surface area (TPSA) is 24.1 Å². The number of rotatable bonds is 8. The number of hydrogen-bond donors (Lipinski definition) is 2. The third-order valence-electron chi connectivity index (χ3n) is 2.50. The Morgan fingerprint density at radius 1 is 1.15 bits per heavy atom. The van der Waals surface area contributed by atoms with Crippen LogP contribution in [0, 0.1) is 5.92 Å². The van der Waals surface area contributed by atoms with E-state index in [0.717, 1.165) is 25.6 Å². The second-order valence-electron chi connectivity index (χ2n) is 3.96. The fraction of sp³-hybridized carbons (Fsp3) is 1.00. The Hall–Kier alpha value is -0.0800. The number of nitrogens with one attached hydrogen (secondary N) is 2. The summed E-state index contributed by atoms with van der Waals surface area (Å²) in [7, 11) is 0. The van der Waals surface area contributed by atoms with Crippen LogP contribution in [0.25, 0.3) is 0 Å². The molecule has 0 bridgehead atoms. The summed E-state index contributed by atoms with van der Waals surface area (Å²) in [6.07, 6.45) is 2.50. The van der Waals surface area contributed by atoms with Crippen molar-refractivity contribution in [2.45, 2.75) is 46.6 Å². The van der Waals surface area contributed by atoms with Crippen molar-refractivity contribution < 1.29 is 0 Å². The van der Waals surface area contributed by atoms with Crippen molar-refractivity contribution in [2.75, 3.05) is 19.6 Å². The Bertz CT molecular complexity index is 104. The van der Waals surface area contributed by atoms with Crippen LogP contribution in [-0.4, -0.2) is 25.7 Å². The van der Waals surface area contributed by atoms with Crippen LogP contribution in [0.1, 0.15) is 40.5 Å². The highest BCUT2D eigenvalue weighted by molar-refractivity contribution is 4.62. The molecule has 0 rings (SSSR count). The fourth-order valence-electron chi connectivity index (χ4n) is 1.26. The first kappa shape index (κ1) is 12.9. The van der Waals surface area contributed by atoms with Gasteiger partial charge in [0.1, 0.15) is 0 Å². The summed E-state index contributed by atoms with van der Waals surface area (Å²) < 4.78 is 0. The van der Waals surface area contributed by atoms with E-state index in [1.807, 2.05) is 0 Å². The first-order valence-corrected chi connectivity index (χ1v) is 5.64. The summed E-state index contributed by atoms with van der Waals surface area (Å²) in [5.41, 5.74) is 0. The van der Waals surface area contributed by atoms with Gasteiger partial charge in [-0.2, -0.15) is 0 Å². The van der Waals surface area contributed by atoms with Crippen molar-refractivity contribution in [2.24, 2.45) is 5.92 Å². The maximum atomic E-state index is 3.49. The lowest BCUT2D eigenvalue weighted by Gasteiger charge is -2.14. The minimum absolute atomic E-state index is 0.648. The fourth-order valence-corrected chi connectivity index (χ4v) is 1.26. The van der Waals surface area contributed by atoms with Crippen LogP contribution in [0.4, 0.5) is 0 Å². The molecule has 0 aliphatic heterocycles. The van der Waals surface area contributed by atoms with Gasteiger partial charge in [0.25, 0.3) is 0 Å². The molecule has 2 heteroatoms. The minimum Gasteiger partial charge on any atom is -0.316 e. The van der Waals surface area contributed by atoms with E-state index in [-0.39, 0.29) is 0 Å². The molecule has 0 aromatic rings. The van der Waals surface area contributed by atoms with Gasteiger partial charge >= 0.3 is 0 Å². The van der Waals surface area contributed by atoms with E-state index in [2.05, 4.69) is 38.3 Å². The van der Waals surface area contributed by atoms with Crippen LogP contribution in [0.5, 0.6) is 0 Å². The zero-order valence-electron chi connectivity index (χ0n) is 9.69. The number of hydrogen-bond acceptors (Lipinski definition) is 2. The summed E-state index contributed by atoms with van der Waals surface area (Å²) in [6.45, 7) is 12.3. The average Bonchev–Trinajstić information content (AvgIpc) is 2.12. The zero-order valence-corrected chi connectivity index (χ0v) is 9.69. The monoisotopic (exact) mass is 186 g/mol. The third kappa shape index (κ3) is 8.26. The Morgan fingerprint density at radius 2 is 1.85 bits per heavy atom. The Balaban J connectivity index is 3.15. The first-order chi connectivity index (χ1) is 6.20. The molecule has 0 aliphatic carbocycles. The maximum absolute atomic E-state index is 3.49. The molecule has 0 saturated carbocycles. The van der Waals surface area contributed by atoms with Crippen molar-refractivity contribution >= 4 is 0 Å². The van der Waals surface area contributed by atoms with E-state index >= 15 is 0 Å². The van der Waals surface area contributed by atoms with E-state index in [9.17, 15) is 0 Å². The molecule has 0 amide bonds. The quantitative estimate of drug-likeness (QED) is 0.567. The third-order valence-corrected chi connectivity index (χ3v) is 2.50. The van der Waals surface area contributed by atoms with Gasteiger partial charge in [-0.25, -0.2) is 0 Å². The Morgan fingerprint density at radius 3 is 2.38 bits per heavy atom. The molecule has 2 unspecified atom stereocenters. The van der Waals surface area contributed by atoms with Crippen LogP contribution in [-0.2, 0) is 0 Å². The largest absolute Gasteiger partial charge is 0.316 e. The van der Waals surface area contributed by atoms with Crippen molar-refractivity contribution in [1.29, 1.82) is 0 Å². The molecule has 2 nitrogen and oxygen atoms in total. The van der Waals surface area contributed by atoms with Gasteiger partial charge in [0.05, 0.1) is 0 Å². The van der Waals surface area contributed by atoms with Gasteiger partial charge in [-0.15, -0.1) is 0 Å². The summed E-state index contributed by atoms with van der Waals surface area (Å²) >= 11 is 0. The van der Waals surface area contributed by atoms with Crippen molar-refractivity contribution in [3.05, 3.63) is 0 Å². The predicted octanol–water partition coefficient (Wildman–Crippen LogP) is 2.01. The highest BCUT2D eigenvalue weighted by Crippen LogP contribution is 1.97. The Kier molecular flexibility index (Phi) is 8.46. The van der Waals surface area contributed by atoms with Gasteiger partial charge in [-0.3, -0.25) is 0 Å². The maximum Gasteiger partial charge on any atom is 0.00506 e. The van der Waals surface area contributed by atoms with Crippen LogP contribution in [0.2, 0.25) is 0 Å². The van der Waals surface area contributed by atoms with E-state index in [1.54, 1.807) is 0 Å². The van der Waals surface area contributed by atoms with Crippen LogP contribution in [0.3, 0.4) is 0 Å². The van der Waals surface area contributed by atoms with Gasteiger partial charge < -0.3 is 10.6 Å². The SMILES string of the molecule is CCNC(C)CCNCC(C)CC. The molecule has 0 aliphatic rings. The normalized spacial score (nSPS) is 15.7. The molecule has 0 aromatic heterocycles. The molecule has 2 atom stereocenters. The van der Waals surface area contributed by atoms with Crippen molar-refractivity contribution in [3.8, 4) is 0 Å². The zero-order chi connectivity index (χ0) is 10.1. The molecule has 2 N–H and O–H groups in total. The van der Waals surface area contributed by atoms with E-state index in [0.29, 0.717) is 6.04 Å². The summed E-state index contributed by atoms with van der Waals surface area (Å²) in [6, 6.07) is 0.648. The second-order valence-corrected chi connectivity index (χ2v) is 3.96. The lowest BCUT2D eigenvalue weighted by Crippen LogP contribution is -2.31.